The zero-order valence-electron chi connectivity index (χ0n) is 14.4. The van der Waals surface area contributed by atoms with E-state index in [0.29, 0.717) is 0 Å². The second-order valence-corrected chi connectivity index (χ2v) is 7.02. The molecule has 0 radical (unpaired) electrons. The summed E-state index contributed by atoms with van der Waals surface area (Å²) >= 11 is 0. The van der Waals surface area contributed by atoms with Gasteiger partial charge in [-0.25, -0.2) is 0 Å². The molecule has 0 unspecified atom stereocenters. The lowest BCUT2D eigenvalue weighted by Gasteiger charge is -2.19. The first-order valence-electron chi connectivity index (χ1n) is 9.07. The zero-order valence-corrected chi connectivity index (χ0v) is 14.4. The maximum absolute atomic E-state index is 6.04. The van der Waals surface area contributed by atoms with Gasteiger partial charge in [0.15, 0.2) is 0 Å². The molecule has 1 aliphatic heterocycles. The van der Waals surface area contributed by atoms with Crippen molar-refractivity contribution in [3.63, 3.8) is 0 Å². The highest BCUT2D eigenvalue weighted by molar-refractivity contribution is 5.78. The Morgan fingerprint density at radius 3 is 2.71 bits per heavy atom. The van der Waals surface area contributed by atoms with Crippen molar-refractivity contribution in [2.75, 3.05) is 13.1 Å². The van der Waals surface area contributed by atoms with Crippen LogP contribution in [-0.4, -0.2) is 24.0 Å². The number of hydrogen-bond acceptors (Lipinski definition) is 2. The predicted molar refractivity (Wildman–Crippen MR) is 99.4 cm³/mol. The maximum Gasteiger partial charge on any atom is 0.134 e. The van der Waals surface area contributed by atoms with E-state index in [1.165, 1.54) is 35.9 Å². The number of likely N-dealkylation sites (tertiary alicyclic amines) is 1. The largest absolute Gasteiger partial charge is 0.461 e. The number of nitrogens with zero attached hydrogens (tertiary/aromatic N) is 1. The van der Waals surface area contributed by atoms with E-state index in [2.05, 4.69) is 66.4 Å². The molecule has 1 aromatic heterocycles. The third kappa shape index (κ3) is 3.39. The fourth-order valence-corrected chi connectivity index (χ4v) is 3.79. The highest BCUT2D eigenvalue weighted by Crippen LogP contribution is 2.24. The van der Waals surface area contributed by atoms with Gasteiger partial charge in [0.05, 0.1) is 0 Å². The first kappa shape index (κ1) is 15.5. The van der Waals surface area contributed by atoms with Gasteiger partial charge in [0, 0.05) is 24.4 Å². The Balaban J connectivity index is 1.46. The standard InChI is InChI=1S/C22H25NO/c1-17-6-5-12-23(17)13-11-21-16-20-15-19(9-10-22(20)24-21)14-18-7-3-2-4-8-18/h2-4,7-10,15-17H,5-6,11-14H2,1H3/t17-/m1/s1. The van der Waals surface area contributed by atoms with Gasteiger partial charge < -0.3 is 9.32 Å². The SMILES string of the molecule is C[C@@H]1CCCN1CCc1cc2cc(Cc3ccccc3)ccc2o1. The Labute approximate surface area is 144 Å². The molecule has 24 heavy (non-hydrogen) atoms. The van der Waals surface area contributed by atoms with E-state index in [0.717, 1.165) is 36.8 Å². The quantitative estimate of drug-likeness (QED) is 0.654. The molecule has 0 saturated carbocycles. The summed E-state index contributed by atoms with van der Waals surface area (Å²) in [6.07, 6.45) is 4.66. The molecular weight excluding hydrogens is 294 g/mol. The Morgan fingerprint density at radius 2 is 1.92 bits per heavy atom. The summed E-state index contributed by atoms with van der Waals surface area (Å²) < 4.78 is 6.04. The molecule has 124 valence electrons. The van der Waals surface area contributed by atoms with Crippen LogP contribution in [0, 0.1) is 0 Å². The highest BCUT2D eigenvalue weighted by Gasteiger charge is 2.20. The fourth-order valence-electron chi connectivity index (χ4n) is 3.79. The van der Waals surface area contributed by atoms with E-state index in [1.807, 2.05) is 0 Å². The smallest absolute Gasteiger partial charge is 0.134 e. The van der Waals surface area contributed by atoms with Crippen LogP contribution in [0.3, 0.4) is 0 Å². The van der Waals surface area contributed by atoms with Gasteiger partial charge in [0.25, 0.3) is 0 Å². The van der Waals surface area contributed by atoms with Gasteiger partial charge in [-0.15, -0.1) is 0 Å². The summed E-state index contributed by atoms with van der Waals surface area (Å²) in [5.74, 6) is 1.11. The summed E-state index contributed by atoms with van der Waals surface area (Å²) in [5, 5.41) is 1.23. The van der Waals surface area contributed by atoms with Crippen molar-refractivity contribution in [1.29, 1.82) is 0 Å². The Morgan fingerprint density at radius 1 is 1.04 bits per heavy atom. The summed E-state index contributed by atoms with van der Waals surface area (Å²) in [4.78, 5) is 2.58. The molecule has 1 aliphatic rings. The van der Waals surface area contributed by atoms with E-state index in [9.17, 15) is 0 Å². The highest BCUT2D eigenvalue weighted by atomic mass is 16.3. The molecule has 3 aromatic rings. The third-order valence-corrected chi connectivity index (χ3v) is 5.22. The average molecular weight is 319 g/mol. The molecule has 2 heteroatoms. The van der Waals surface area contributed by atoms with E-state index < -0.39 is 0 Å². The Hall–Kier alpha value is -2.06. The minimum Gasteiger partial charge on any atom is -0.461 e. The third-order valence-electron chi connectivity index (χ3n) is 5.22. The summed E-state index contributed by atoms with van der Waals surface area (Å²) in [5.41, 5.74) is 3.70. The Kier molecular flexibility index (Phi) is 4.40. The van der Waals surface area contributed by atoms with E-state index in [-0.39, 0.29) is 0 Å². The molecule has 4 rings (SSSR count). The number of hydrogen-bond donors (Lipinski definition) is 0. The normalized spacial score (nSPS) is 18.5. The lowest BCUT2D eigenvalue weighted by Crippen LogP contribution is -2.28. The van der Waals surface area contributed by atoms with Gasteiger partial charge in [-0.2, -0.15) is 0 Å². The molecule has 1 saturated heterocycles. The topological polar surface area (TPSA) is 16.4 Å². The van der Waals surface area contributed by atoms with Crippen molar-refractivity contribution in [1.82, 2.24) is 4.90 Å². The van der Waals surface area contributed by atoms with Crippen molar-refractivity contribution < 1.29 is 4.42 Å². The molecule has 1 fully saturated rings. The van der Waals surface area contributed by atoms with Crippen molar-refractivity contribution in [2.24, 2.45) is 0 Å². The minimum absolute atomic E-state index is 0.729. The first-order chi connectivity index (χ1) is 11.8. The van der Waals surface area contributed by atoms with Gasteiger partial charge in [-0.05, 0) is 62.1 Å². The molecule has 0 aliphatic carbocycles. The molecule has 2 aromatic carbocycles. The second kappa shape index (κ2) is 6.82. The van der Waals surface area contributed by atoms with Gasteiger partial charge in [-0.1, -0.05) is 36.4 Å². The monoisotopic (exact) mass is 319 g/mol. The van der Waals surface area contributed by atoms with Crippen LogP contribution < -0.4 is 0 Å². The van der Waals surface area contributed by atoms with Gasteiger partial charge >= 0.3 is 0 Å². The predicted octanol–water partition coefficient (Wildman–Crippen LogP) is 5.05. The number of benzene rings is 2. The molecule has 2 heterocycles. The van der Waals surface area contributed by atoms with Crippen LogP contribution in [0.4, 0.5) is 0 Å². The molecule has 0 amide bonds. The lowest BCUT2D eigenvalue weighted by molar-refractivity contribution is 0.266. The number of fused-ring (bicyclic) bond motifs is 1. The first-order valence-corrected chi connectivity index (χ1v) is 9.07. The molecule has 0 bridgehead atoms. The van der Waals surface area contributed by atoms with Crippen LogP contribution in [0.15, 0.2) is 59.0 Å². The van der Waals surface area contributed by atoms with Crippen LogP contribution in [-0.2, 0) is 12.8 Å². The van der Waals surface area contributed by atoms with E-state index >= 15 is 0 Å². The molecule has 1 atom stereocenters. The summed E-state index contributed by atoms with van der Waals surface area (Å²) in [6, 6.07) is 20.2. The van der Waals surface area contributed by atoms with E-state index in [4.69, 9.17) is 4.42 Å². The fraction of sp³-hybridized carbons (Fsp3) is 0.364. The average Bonchev–Trinajstić information content (AvgIpc) is 3.19. The van der Waals surface area contributed by atoms with Crippen LogP contribution in [0.1, 0.15) is 36.7 Å². The molecule has 0 N–H and O–H groups in total. The van der Waals surface area contributed by atoms with Crippen molar-refractivity contribution in [3.05, 3.63) is 71.5 Å². The van der Waals surface area contributed by atoms with Crippen LogP contribution in [0.5, 0.6) is 0 Å². The maximum atomic E-state index is 6.04. The number of rotatable bonds is 5. The lowest BCUT2D eigenvalue weighted by atomic mass is 10.0. The summed E-state index contributed by atoms with van der Waals surface area (Å²) in [7, 11) is 0. The Bertz CT molecular complexity index is 805. The minimum atomic E-state index is 0.729. The van der Waals surface area contributed by atoms with Crippen molar-refractivity contribution in [3.8, 4) is 0 Å². The number of furan rings is 1. The summed E-state index contributed by atoms with van der Waals surface area (Å²) in [6.45, 7) is 4.68. The van der Waals surface area contributed by atoms with E-state index in [1.54, 1.807) is 0 Å². The molecular formula is C22H25NO. The van der Waals surface area contributed by atoms with Crippen molar-refractivity contribution in [2.45, 2.75) is 38.6 Å². The molecule has 0 spiro atoms. The molecule has 2 nitrogen and oxygen atoms in total. The van der Waals surface area contributed by atoms with Crippen LogP contribution in [0.25, 0.3) is 11.0 Å². The van der Waals surface area contributed by atoms with Gasteiger partial charge in [-0.3, -0.25) is 0 Å². The second-order valence-electron chi connectivity index (χ2n) is 7.02. The van der Waals surface area contributed by atoms with Crippen LogP contribution in [0.2, 0.25) is 0 Å². The zero-order chi connectivity index (χ0) is 16.4. The van der Waals surface area contributed by atoms with Gasteiger partial charge in [0.2, 0.25) is 0 Å². The van der Waals surface area contributed by atoms with Crippen LogP contribution >= 0.6 is 0 Å². The van der Waals surface area contributed by atoms with Crippen molar-refractivity contribution >= 4 is 11.0 Å². The van der Waals surface area contributed by atoms with Gasteiger partial charge in [0.1, 0.15) is 11.3 Å².